The van der Waals surface area contributed by atoms with Gasteiger partial charge in [0.25, 0.3) is 0 Å². The Morgan fingerprint density at radius 2 is 1.89 bits per heavy atom. The van der Waals surface area contributed by atoms with E-state index in [-0.39, 0.29) is 5.91 Å². The Morgan fingerprint density at radius 3 is 2.61 bits per heavy atom. The third-order valence-corrected chi connectivity index (χ3v) is 4.56. The van der Waals surface area contributed by atoms with Gasteiger partial charge in [0.1, 0.15) is 11.6 Å². The fourth-order valence-electron chi connectivity index (χ4n) is 3.13. The molecule has 0 saturated carbocycles. The maximum Gasteiger partial charge on any atom is 0.323 e. The summed E-state index contributed by atoms with van der Waals surface area (Å²) in [6.45, 7) is 4.88. The second-order valence-electron chi connectivity index (χ2n) is 6.57. The highest BCUT2D eigenvalue weighted by atomic mass is 19.1. The summed E-state index contributed by atoms with van der Waals surface area (Å²) in [4.78, 5) is 32.4. The molecule has 7 nitrogen and oxygen atoms in total. The molecule has 0 aliphatic carbocycles. The third-order valence-electron chi connectivity index (χ3n) is 4.56. The number of hydrogen-bond donors (Lipinski definition) is 2. The molecule has 2 N–H and O–H groups in total. The first-order chi connectivity index (χ1) is 13.5. The van der Waals surface area contributed by atoms with Crippen LogP contribution in [0.5, 0.6) is 0 Å². The number of nitrogens with one attached hydrogen (secondary N) is 2. The lowest BCUT2D eigenvalue weighted by Gasteiger charge is -2.22. The van der Waals surface area contributed by atoms with Gasteiger partial charge in [-0.15, -0.1) is 0 Å². The van der Waals surface area contributed by atoms with Crippen LogP contribution in [0.3, 0.4) is 0 Å². The summed E-state index contributed by atoms with van der Waals surface area (Å²) >= 11 is 0. The Morgan fingerprint density at radius 1 is 1.07 bits per heavy atom. The molecule has 1 fully saturated rings. The van der Waals surface area contributed by atoms with Crippen molar-refractivity contribution in [1.29, 1.82) is 0 Å². The number of nitrogens with zero attached hydrogens (tertiary/aromatic N) is 3. The minimum Gasteiger partial charge on any atom is -0.355 e. The zero-order chi connectivity index (χ0) is 19.9. The number of halogens is 1. The van der Waals surface area contributed by atoms with E-state index in [1.807, 2.05) is 17.9 Å². The van der Waals surface area contributed by atoms with E-state index < -0.39 is 11.8 Å². The molecule has 0 radical (unpaired) electrons. The molecule has 0 spiro atoms. The summed E-state index contributed by atoms with van der Waals surface area (Å²) in [5, 5.41) is 5.25. The lowest BCUT2D eigenvalue weighted by Crippen LogP contribution is -2.34. The van der Waals surface area contributed by atoms with E-state index in [0.29, 0.717) is 24.3 Å². The number of pyridine rings is 1. The maximum absolute atomic E-state index is 13.2. The molecule has 0 unspecified atom stereocenters. The van der Waals surface area contributed by atoms with Crippen molar-refractivity contribution < 1.29 is 14.0 Å². The fraction of sp³-hybridized carbons (Fsp3) is 0.350. The second kappa shape index (κ2) is 9.16. The summed E-state index contributed by atoms with van der Waals surface area (Å²) in [6, 6.07) is 8.83. The standard InChI is InChI=1S/C20H24FN5O2/c1-2-19(27)26-10-4-9-25(11-12-26)18-8-7-17(14-22-18)24-20(28)23-16-6-3-5-15(21)13-16/h3,5-8,13-14H,2,4,9-12H2,1H3,(H2,23,24,28). The van der Waals surface area contributed by atoms with Crippen LogP contribution in [-0.4, -0.2) is 48.0 Å². The number of aromatic nitrogens is 1. The number of rotatable bonds is 4. The van der Waals surface area contributed by atoms with Crippen molar-refractivity contribution in [2.45, 2.75) is 19.8 Å². The quantitative estimate of drug-likeness (QED) is 0.846. The van der Waals surface area contributed by atoms with E-state index in [2.05, 4.69) is 20.5 Å². The first-order valence-electron chi connectivity index (χ1n) is 9.37. The Kier molecular flexibility index (Phi) is 6.41. The van der Waals surface area contributed by atoms with Gasteiger partial charge >= 0.3 is 6.03 Å². The van der Waals surface area contributed by atoms with E-state index in [0.717, 1.165) is 31.9 Å². The molecule has 3 amide bonds. The average molecular weight is 385 g/mol. The van der Waals surface area contributed by atoms with Gasteiger partial charge in [0.15, 0.2) is 0 Å². The SMILES string of the molecule is CCC(=O)N1CCCN(c2ccc(NC(=O)Nc3cccc(F)c3)cn2)CC1. The van der Waals surface area contributed by atoms with Gasteiger partial charge in [-0.25, -0.2) is 14.2 Å². The van der Waals surface area contributed by atoms with Gasteiger partial charge in [-0.05, 0) is 36.8 Å². The lowest BCUT2D eigenvalue weighted by atomic mass is 10.3. The highest BCUT2D eigenvalue weighted by Gasteiger charge is 2.18. The molecule has 8 heteroatoms. The normalized spacial score (nSPS) is 14.4. The summed E-state index contributed by atoms with van der Waals surface area (Å²) < 4.78 is 13.2. The van der Waals surface area contributed by atoms with Crippen LogP contribution in [-0.2, 0) is 4.79 Å². The molecule has 1 aliphatic heterocycles. The molecule has 1 aromatic heterocycles. The lowest BCUT2D eigenvalue weighted by molar-refractivity contribution is -0.130. The van der Waals surface area contributed by atoms with Crippen LogP contribution >= 0.6 is 0 Å². The Hall–Kier alpha value is -3.16. The Bertz CT molecular complexity index is 828. The number of amides is 3. The monoisotopic (exact) mass is 385 g/mol. The Labute approximate surface area is 163 Å². The van der Waals surface area contributed by atoms with Gasteiger partial charge in [0, 0.05) is 38.3 Å². The van der Waals surface area contributed by atoms with Crippen molar-refractivity contribution in [1.82, 2.24) is 9.88 Å². The van der Waals surface area contributed by atoms with E-state index >= 15 is 0 Å². The van der Waals surface area contributed by atoms with Crippen LogP contribution in [0.2, 0.25) is 0 Å². The minimum atomic E-state index is -0.469. The van der Waals surface area contributed by atoms with Crippen molar-refractivity contribution >= 4 is 29.1 Å². The molecule has 0 bridgehead atoms. The number of urea groups is 1. The molecule has 2 aromatic rings. The predicted molar refractivity (Wildman–Crippen MR) is 107 cm³/mol. The second-order valence-corrected chi connectivity index (χ2v) is 6.57. The topological polar surface area (TPSA) is 77.6 Å². The molecule has 3 rings (SSSR count). The van der Waals surface area contributed by atoms with Crippen molar-refractivity contribution in [2.75, 3.05) is 41.7 Å². The molecule has 1 aliphatic rings. The van der Waals surface area contributed by atoms with Crippen LogP contribution in [0.4, 0.5) is 26.4 Å². The van der Waals surface area contributed by atoms with Crippen molar-refractivity contribution in [3.8, 4) is 0 Å². The van der Waals surface area contributed by atoms with Gasteiger partial charge in [-0.3, -0.25) is 4.79 Å². The molecule has 0 atom stereocenters. The first kappa shape index (κ1) is 19.6. The number of benzene rings is 1. The first-order valence-corrected chi connectivity index (χ1v) is 9.37. The van der Waals surface area contributed by atoms with Gasteiger partial charge in [-0.2, -0.15) is 0 Å². The van der Waals surface area contributed by atoms with E-state index in [1.165, 1.54) is 18.2 Å². The van der Waals surface area contributed by atoms with Crippen molar-refractivity contribution in [3.05, 3.63) is 48.4 Å². The van der Waals surface area contributed by atoms with E-state index in [1.54, 1.807) is 18.3 Å². The maximum atomic E-state index is 13.2. The summed E-state index contributed by atoms with van der Waals surface area (Å²) in [5.41, 5.74) is 0.910. The highest BCUT2D eigenvalue weighted by molar-refractivity contribution is 5.99. The summed E-state index contributed by atoms with van der Waals surface area (Å²) in [7, 11) is 0. The molecule has 28 heavy (non-hydrogen) atoms. The Balaban J connectivity index is 1.56. The van der Waals surface area contributed by atoms with Crippen LogP contribution in [0.15, 0.2) is 42.6 Å². The molecule has 1 aromatic carbocycles. The largest absolute Gasteiger partial charge is 0.355 e. The minimum absolute atomic E-state index is 0.179. The smallest absolute Gasteiger partial charge is 0.323 e. The van der Waals surface area contributed by atoms with Crippen LogP contribution < -0.4 is 15.5 Å². The number of carbonyl (C=O) groups is 2. The van der Waals surface area contributed by atoms with E-state index in [4.69, 9.17) is 0 Å². The zero-order valence-corrected chi connectivity index (χ0v) is 15.8. The van der Waals surface area contributed by atoms with E-state index in [9.17, 15) is 14.0 Å². The predicted octanol–water partition coefficient (Wildman–Crippen LogP) is 3.31. The molecule has 2 heterocycles. The summed E-state index contributed by atoms with van der Waals surface area (Å²) in [5.74, 6) is 0.570. The number of hydrogen-bond acceptors (Lipinski definition) is 4. The van der Waals surface area contributed by atoms with Crippen molar-refractivity contribution in [2.24, 2.45) is 0 Å². The van der Waals surface area contributed by atoms with Gasteiger partial charge < -0.3 is 20.4 Å². The molecule has 1 saturated heterocycles. The van der Waals surface area contributed by atoms with Gasteiger partial charge in [-0.1, -0.05) is 13.0 Å². The van der Waals surface area contributed by atoms with Crippen molar-refractivity contribution in [3.63, 3.8) is 0 Å². The fourth-order valence-corrected chi connectivity index (χ4v) is 3.13. The number of anilines is 3. The zero-order valence-electron chi connectivity index (χ0n) is 15.8. The molecular weight excluding hydrogens is 361 g/mol. The molecular formula is C20H24FN5O2. The van der Waals surface area contributed by atoms with Gasteiger partial charge in [0.2, 0.25) is 5.91 Å². The molecule has 148 valence electrons. The number of carbonyl (C=O) groups excluding carboxylic acids is 2. The third kappa shape index (κ3) is 5.18. The highest BCUT2D eigenvalue weighted by Crippen LogP contribution is 2.17. The average Bonchev–Trinajstić information content (AvgIpc) is 2.94. The van der Waals surface area contributed by atoms with Gasteiger partial charge in [0.05, 0.1) is 11.9 Å². The van der Waals surface area contributed by atoms with Crippen LogP contribution in [0.25, 0.3) is 0 Å². The van der Waals surface area contributed by atoms with Crippen LogP contribution in [0, 0.1) is 5.82 Å². The van der Waals surface area contributed by atoms with Crippen LogP contribution in [0.1, 0.15) is 19.8 Å². The summed E-state index contributed by atoms with van der Waals surface area (Å²) in [6.07, 6.45) is 3.00.